The number of aromatic nitrogens is 2. The molecule has 0 fully saturated rings. The Kier molecular flexibility index (Phi) is 3.58. The SMILES string of the molecule is Cc1cc(C)n(Cc2ccc(CN)cc2)c(=O)n1. The molecule has 0 unspecified atom stereocenters. The van der Waals surface area contributed by atoms with Crippen LogP contribution in [0.2, 0.25) is 0 Å². The molecular formula is C14H17N3O. The summed E-state index contributed by atoms with van der Waals surface area (Å²) >= 11 is 0. The summed E-state index contributed by atoms with van der Waals surface area (Å²) in [4.78, 5) is 15.8. The smallest absolute Gasteiger partial charge is 0.326 e. The highest BCUT2D eigenvalue weighted by atomic mass is 16.1. The minimum Gasteiger partial charge on any atom is -0.326 e. The first-order chi connectivity index (χ1) is 8.60. The molecule has 0 aliphatic carbocycles. The van der Waals surface area contributed by atoms with Crippen LogP contribution in [-0.2, 0) is 13.1 Å². The minimum atomic E-state index is -0.199. The van der Waals surface area contributed by atoms with Crippen molar-refractivity contribution in [1.82, 2.24) is 9.55 Å². The number of rotatable bonds is 3. The van der Waals surface area contributed by atoms with Crippen LogP contribution in [-0.4, -0.2) is 9.55 Å². The lowest BCUT2D eigenvalue weighted by Crippen LogP contribution is -2.26. The Morgan fingerprint density at radius 2 is 1.78 bits per heavy atom. The molecule has 2 aromatic rings. The summed E-state index contributed by atoms with van der Waals surface area (Å²) < 4.78 is 1.67. The van der Waals surface area contributed by atoms with Gasteiger partial charge in [-0.25, -0.2) is 4.79 Å². The second-order valence-electron chi connectivity index (χ2n) is 4.43. The van der Waals surface area contributed by atoms with Crippen molar-refractivity contribution in [2.75, 3.05) is 0 Å². The van der Waals surface area contributed by atoms with E-state index in [4.69, 9.17) is 5.73 Å². The highest BCUT2D eigenvalue weighted by Crippen LogP contribution is 2.06. The maximum Gasteiger partial charge on any atom is 0.348 e. The molecule has 0 bridgehead atoms. The predicted octanol–water partition coefficient (Wildman–Crippen LogP) is 1.37. The van der Waals surface area contributed by atoms with Gasteiger partial charge >= 0.3 is 5.69 Å². The number of hydrogen-bond acceptors (Lipinski definition) is 3. The van der Waals surface area contributed by atoms with Crippen molar-refractivity contribution in [3.05, 3.63) is 63.3 Å². The van der Waals surface area contributed by atoms with E-state index in [0.717, 1.165) is 22.5 Å². The molecule has 0 aliphatic rings. The van der Waals surface area contributed by atoms with Gasteiger partial charge in [0.05, 0.1) is 6.54 Å². The fourth-order valence-electron chi connectivity index (χ4n) is 1.93. The van der Waals surface area contributed by atoms with Crippen LogP contribution in [0.15, 0.2) is 35.1 Å². The number of nitrogens with zero attached hydrogens (tertiary/aromatic N) is 2. The van der Waals surface area contributed by atoms with Gasteiger partial charge in [-0.2, -0.15) is 4.98 Å². The molecule has 94 valence electrons. The zero-order valence-corrected chi connectivity index (χ0v) is 10.7. The first-order valence-corrected chi connectivity index (χ1v) is 5.93. The van der Waals surface area contributed by atoms with Gasteiger partial charge in [-0.1, -0.05) is 24.3 Å². The van der Waals surface area contributed by atoms with Gasteiger partial charge in [0.25, 0.3) is 0 Å². The second-order valence-corrected chi connectivity index (χ2v) is 4.43. The lowest BCUT2D eigenvalue weighted by atomic mass is 10.1. The van der Waals surface area contributed by atoms with Crippen molar-refractivity contribution in [2.45, 2.75) is 26.9 Å². The minimum absolute atomic E-state index is 0.199. The normalized spacial score (nSPS) is 10.6. The zero-order valence-electron chi connectivity index (χ0n) is 10.7. The van der Waals surface area contributed by atoms with Gasteiger partial charge in [0.15, 0.2) is 0 Å². The van der Waals surface area contributed by atoms with E-state index in [1.54, 1.807) is 4.57 Å². The van der Waals surface area contributed by atoms with Crippen molar-refractivity contribution < 1.29 is 0 Å². The summed E-state index contributed by atoms with van der Waals surface area (Å²) in [5.41, 5.74) is 9.20. The van der Waals surface area contributed by atoms with Gasteiger partial charge in [-0.3, -0.25) is 4.57 Å². The van der Waals surface area contributed by atoms with Gasteiger partial charge in [-0.05, 0) is 31.0 Å². The number of nitrogens with two attached hydrogens (primary N) is 1. The van der Waals surface area contributed by atoms with E-state index in [-0.39, 0.29) is 5.69 Å². The van der Waals surface area contributed by atoms with Crippen LogP contribution in [0.5, 0.6) is 0 Å². The van der Waals surface area contributed by atoms with Gasteiger partial charge in [-0.15, -0.1) is 0 Å². The van der Waals surface area contributed by atoms with Gasteiger partial charge in [0.2, 0.25) is 0 Å². The fourth-order valence-corrected chi connectivity index (χ4v) is 1.93. The Morgan fingerprint density at radius 3 is 2.33 bits per heavy atom. The molecule has 0 saturated carbocycles. The molecule has 1 heterocycles. The van der Waals surface area contributed by atoms with Crippen LogP contribution < -0.4 is 11.4 Å². The molecule has 0 atom stereocenters. The zero-order chi connectivity index (χ0) is 13.1. The molecule has 1 aromatic carbocycles. The third-order valence-corrected chi connectivity index (χ3v) is 2.95. The van der Waals surface area contributed by atoms with E-state index in [1.165, 1.54) is 0 Å². The van der Waals surface area contributed by atoms with Crippen molar-refractivity contribution >= 4 is 0 Å². The molecule has 4 heteroatoms. The van der Waals surface area contributed by atoms with Crippen molar-refractivity contribution in [3.8, 4) is 0 Å². The van der Waals surface area contributed by atoms with Crippen LogP contribution in [0.25, 0.3) is 0 Å². The summed E-state index contributed by atoms with van der Waals surface area (Å²) in [6, 6.07) is 9.87. The molecular weight excluding hydrogens is 226 g/mol. The molecule has 2 N–H and O–H groups in total. The topological polar surface area (TPSA) is 60.9 Å². The molecule has 4 nitrogen and oxygen atoms in total. The van der Waals surface area contributed by atoms with Crippen molar-refractivity contribution in [3.63, 3.8) is 0 Å². The summed E-state index contributed by atoms with van der Waals surface area (Å²) in [7, 11) is 0. The quantitative estimate of drug-likeness (QED) is 0.885. The Balaban J connectivity index is 2.31. The molecule has 0 radical (unpaired) electrons. The highest BCUT2D eigenvalue weighted by molar-refractivity contribution is 5.23. The Hall–Kier alpha value is -1.94. The largest absolute Gasteiger partial charge is 0.348 e. The monoisotopic (exact) mass is 243 g/mol. The average Bonchev–Trinajstić information content (AvgIpc) is 2.34. The third kappa shape index (κ3) is 2.65. The number of aryl methyl sites for hydroxylation is 2. The lowest BCUT2D eigenvalue weighted by Gasteiger charge is -2.10. The molecule has 1 aromatic heterocycles. The second kappa shape index (κ2) is 5.14. The Bertz CT molecular complexity index is 599. The van der Waals surface area contributed by atoms with E-state index in [9.17, 15) is 4.79 Å². The van der Waals surface area contributed by atoms with E-state index < -0.39 is 0 Å². The van der Waals surface area contributed by atoms with Crippen LogP contribution in [0.3, 0.4) is 0 Å². The Labute approximate surface area is 106 Å². The summed E-state index contributed by atoms with van der Waals surface area (Å²) in [5, 5.41) is 0. The summed E-state index contributed by atoms with van der Waals surface area (Å²) in [6.45, 7) is 4.83. The van der Waals surface area contributed by atoms with Crippen LogP contribution in [0.1, 0.15) is 22.5 Å². The van der Waals surface area contributed by atoms with Gasteiger partial charge in [0.1, 0.15) is 0 Å². The third-order valence-electron chi connectivity index (χ3n) is 2.95. The van der Waals surface area contributed by atoms with E-state index in [2.05, 4.69) is 4.98 Å². The first-order valence-electron chi connectivity index (χ1n) is 5.93. The van der Waals surface area contributed by atoms with Crippen LogP contribution >= 0.6 is 0 Å². The number of benzene rings is 1. The van der Waals surface area contributed by atoms with E-state index in [0.29, 0.717) is 13.1 Å². The maximum absolute atomic E-state index is 11.8. The van der Waals surface area contributed by atoms with E-state index in [1.807, 2.05) is 44.2 Å². The van der Waals surface area contributed by atoms with E-state index >= 15 is 0 Å². The fraction of sp³-hybridized carbons (Fsp3) is 0.286. The molecule has 0 aliphatic heterocycles. The van der Waals surface area contributed by atoms with Gasteiger partial charge < -0.3 is 5.73 Å². The summed E-state index contributed by atoms with van der Waals surface area (Å²) in [5.74, 6) is 0. The predicted molar refractivity (Wildman–Crippen MR) is 71.4 cm³/mol. The molecule has 0 spiro atoms. The number of hydrogen-bond donors (Lipinski definition) is 1. The molecule has 0 saturated heterocycles. The average molecular weight is 243 g/mol. The van der Waals surface area contributed by atoms with Crippen molar-refractivity contribution in [1.29, 1.82) is 0 Å². The standard InChI is InChI=1S/C14H17N3O/c1-10-7-11(2)17(14(18)16-10)9-13-5-3-12(8-15)4-6-13/h3-7H,8-9,15H2,1-2H3. The van der Waals surface area contributed by atoms with Gasteiger partial charge in [0, 0.05) is 17.9 Å². The van der Waals surface area contributed by atoms with Crippen LogP contribution in [0.4, 0.5) is 0 Å². The molecule has 18 heavy (non-hydrogen) atoms. The maximum atomic E-state index is 11.8. The first kappa shape index (κ1) is 12.5. The molecule has 0 amide bonds. The lowest BCUT2D eigenvalue weighted by molar-refractivity contribution is 0.693. The molecule has 2 rings (SSSR count). The van der Waals surface area contributed by atoms with Crippen LogP contribution in [0, 0.1) is 13.8 Å². The van der Waals surface area contributed by atoms with Crippen molar-refractivity contribution in [2.24, 2.45) is 5.73 Å². The highest BCUT2D eigenvalue weighted by Gasteiger charge is 2.03. The Morgan fingerprint density at radius 1 is 1.17 bits per heavy atom. The summed E-state index contributed by atoms with van der Waals surface area (Å²) in [6.07, 6.45) is 0.